The molecule has 0 radical (unpaired) electrons. The fourth-order valence-electron chi connectivity index (χ4n) is 5.05. The third-order valence-corrected chi connectivity index (χ3v) is 6.74. The maximum absolute atomic E-state index is 13.3. The summed E-state index contributed by atoms with van der Waals surface area (Å²) in [5.74, 6) is 0.152. The van der Waals surface area contributed by atoms with Crippen molar-refractivity contribution in [2.45, 2.75) is 38.1 Å². The Balaban J connectivity index is 1.36. The number of carbonyl (C=O) groups excluding carboxylic acids is 1. The standard InChI is InChI=1S/C26H27N5O/c27-15-20-10-8-19(9-11-20)14-25(23-16-28-18-29-23)30-12-13-31(26(32)17-30)24-7-3-5-21-4-1-2-6-22(21)24/h3,5,7-11,16,18,25H,1-2,4,6,12-14,17H2,(H,28,29). The van der Waals surface area contributed by atoms with Gasteiger partial charge in [0.15, 0.2) is 0 Å². The molecule has 1 N–H and O–H groups in total. The number of amides is 1. The SMILES string of the molecule is N#Cc1ccc(CC(c2cnc[nH]2)N2CCN(c3cccc4c3CCCC4)C(=O)C2)cc1. The van der Waals surface area contributed by atoms with Crippen LogP contribution in [0, 0.1) is 11.3 Å². The van der Waals surface area contributed by atoms with E-state index in [9.17, 15) is 4.79 Å². The van der Waals surface area contributed by atoms with Crippen molar-refractivity contribution in [1.29, 1.82) is 5.26 Å². The molecule has 0 bridgehead atoms. The van der Waals surface area contributed by atoms with E-state index in [2.05, 4.69) is 39.1 Å². The number of rotatable bonds is 5. The first-order valence-electron chi connectivity index (χ1n) is 11.4. The monoisotopic (exact) mass is 425 g/mol. The summed E-state index contributed by atoms with van der Waals surface area (Å²) in [7, 11) is 0. The first kappa shape index (κ1) is 20.5. The Kier molecular flexibility index (Phi) is 5.74. The van der Waals surface area contributed by atoms with Crippen LogP contribution in [0.1, 0.15) is 46.8 Å². The van der Waals surface area contributed by atoms with Crippen LogP contribution in [0.3, 0.4) is 0 Å². The van der Waals surface area contributed by atoms with Crippen LogP contribution in [0.4, 0.5) is 5.69 Å². The Bertz CT molecular complexity index is 1130. The maximum Gasteiger partial charge on any atom is 0.241 e. The Morgan fingerprint density at radius 1 is 1.09 bits per heavy atom. The Hall–Kier alpha value is -3.43. The van der Waals surface area contributed by atoms with E-state index < -0.39 is 0 Å². The Morgan fingerprint density at radius 3 is 2.69 bits per heavy atom. The van der Waals surface area contributed by atoms with Gasteiger partial charge in [-0.25, -0.2) is 4.98 Å². The van der Waals surface area contributed by atoms with E-state index in [1.807, 2.05) is 35.4 Å². The number of anilines is 1. The zero-order valence-electron chi connectivity index (χ0n) is 18.1. The van der Waals surface area contributed by atoms with Crippen LogP contribution in [0.15, 0.2) is 55.0 Å². The van der Waals surface area contributed by atoms with E-state index in [0.29, 0.717) is 18.7 Å². The van der Waals surface area contributed by atoms with E-state index in [0.717, 1.165) is 42.8 Å². The molecule has 6 heteroatoms. The summed E-state index contributed by atoms with van der Waals surface area (Å²) in [6, 6.07) is 16.3. The Morgan fingerprint density at radius 2 is 1.94 bits per heavy atom. The highest BCUT2D eigenvalue weighted by molar-refractivity contribution is 5.96. The van der Waals surface area contributed by atoms with Crippen LogP contribution < -0.4 is 4.90 Å². The van der Waals surface area contributed by atoms with Gasteiger partial charge in [-0.15, -0.1) is 0 Å². The molecule has 2 aliphatic rings. The quantitative estimate of drug-likeness (QED) is 0.675. The zero-order valence-corrected chi connectivity index (χ0v) is 18.1. The summed E-state index contributed by atoms with van der Waals surface area (Å²) in [5, 5.41) is 9.07. The van der Waals surface area contributed by atoms with Gasteiger partial charge in [-0.2, -0.15) is 5.26 Å². The van der Waals surface area contributed by atoms with Gasteiger partial charge < -0.3 is 9.88 Å². The first-order valence-corrected chi connectivity index (χ1v) is 11.4. The number of aromatic nitrogens is 2. The van der Waals surface area contributed by atoms with Gasteiger partial charge in [0.25, 0.3) is 0 Å². The van der Waals surface area contributed by atoms with E-state index >= 15 is 0 Å². The number of fused-ring (bicyclic) bond motifs is 1. The molecule has 2 aromatic carbocycles. The minimum atomic E-state index is 0.0289. The molecule has 0 spiro atoms. The third kappa shape index (κ3) is 4.04. The predicted octanol–water partition coefficient (Wildman–Crippen LogP) is 3.79. The van der Waals surface area contributed by atoms with Crippen molar-refractivity contribution in [3.05, 3.63) is 82.9 Å². The number of nitriles is 1. The summed E-state index contributed by atoms with van der Waals surface area (Å²) in [5.41, 5.74) is 6.67. The van der Waals surface area contributed by atoms with Crippen molar-refractivity contribution < 1.29 is 4.79 Å². The number of benzene rings is 2. The lowest BCUT2D eigenvalue weighted by Crippen LogP contribution is -2.52. The maximum atomic E-state index is 13.3. The fraction of sp³-hybridized carbons (Fsp3) is 0.346. The second kappa shape index (κ2) is 8.97. The molecule has 1 atom stereocenters. The van der Waals surface area contributed by atoms with Gasteiger partial charge >= 0.3 is 0 Å². The lowest BCUT2D eigenvalue weighted by molar-refractivity contribution is -0.122. The largest absolute Gasteiger partial charge is 0.347 e. The molecule has 1 aromatic heterocycles. The molecule has 3 aromatic rings. The van der Waals surface area contributed by atoms with Crippen LogP contribution in [-0.4, -0.2) is 40.4 Å². The first-order chi connectivity index (χ1) is 15.7. The van der Waals surface area contributed by atoms with E-state index in [-0.39, 0.29) is 11.9 Å². The molecule has 32 heavy (non-hydrogen) atoms. The summed E-state index contributed by atoms with van der Waals surface area (Å²) in [6.07, 6.45) is 8.90. The van der Waals surface area contributed by atoms with Gasteiger partial charge in [0.05, 0.1) is 36.2 Å². The molecule has 0 saturated carbocycles. The molecule has 2 heterocycles. The van der Waals surface area contributed by atoms with Gasteiger partial charge in [0.2, 0.25) is 5.91 Å². The number of hydrogen-bond acceptors (Lipinski definition) is 4. The molecule has 162 valence electrons. The third-order valence-electron chi connectivity index (χ3n) is 6.74. The van der Waals surface area contributed by atoms with E-state index in [1.165, 1.54) is 24.0 Å². The zero-order chi connectivity index (χ0) is 21.9. The van der Waals surface area contributed by atoms with Crippen molar-refractivity contribution in [3.8, 4) is 6.07 Å². The second-order valence-electron chi connectivity index (χ2n) is 8.67. The van der Waals surface area contributed by atoms with Crippen LogP contribution in [0.5, 0.6) is 0 Å². The summed E-state index contributed by atoms with van der Waals surface area (Å²) in [4.78, 5) is 25.0. The lowest BCUT2D eigenvalue weighted by Gasteiger charge is -2.39. The molecule has 1 saturated heterocycles. The summed E-state index contributed by atoms with van der Waals surface area (Å²) in [6.45, 7) is 1.87. The average molecular weight is 426 g/mol. The molecule has 1 amide bonds. The lowest BCUT2D eigenvalue weighted by atomic mass is 9.90. The Labute approximate surface area is 188 Å². The van der Waals surface area contributed by atoms with Crippen LogP contribution >= 0.6 is 0 Å². The van der Waals surface area contributed by atoms with Crippen LogP contribution in [-0.2, 0) is 24.1 Å². The number of imidazole rings is 1. The number of hydrogen-bond donors (Lipinski definition) is 1. The number of nitrogens with one attached hydrogen (secondary N) is 1. The minimum Gasteiger partial charge on any atom is -0.347 e. The van der Waals surface area contributed by atoms with E-state index in [1.54, 1.807) is 6.33 Å². The molecule has 1 fully saturated rings. The van der Waals surface area contributed by atoms with Crippen molar-refractivity contribution in [1.82, 2.24) is 14.9 Å². The van der Waals surface area contributed by atoms with Gasteiger partial charge in [-0.3, -0.25) is 9.69 Å². The van der Waals surface area contributed by atoms with Crippen LogP contribution in [0.2, 0.25) is 0 Å². The molecular weight excluding hydrogens is 398 g/mol. The second-order valence-corrected chi connectivity index (χ2v) is 8.67. The smallest absolute Gasteiger partial charge is 0.241 e. The number of piperazine rings is 1. The average Bonchev–Trinajstić information content (AvgIpc) is 3.37. The number of nitrogens with zero attached hydrogens (tertiary/aromatic N) is 4. The predicted molar refractivity (Wildman–Crippen MR) is 123 cm³/mol. The summed E-state index contributed by atoms with van der Waals surface area (Å²) >= 11 is 0. The minimum absolute atomic E-state index is 0.0289. The van der Waals surface area contributed by atoms with E-state index in [4.69, 9.17) is 5.26 Å². The molecule has 1 unspecified atom stereocenters. The van der Waals surface area contributed by atoms with Crippen molar-refractivity contribution in [3.63, 3.8) is 0 Å². The molecule has 5 rings (SSSR count). The topological polar surface area (TPSA) is 76.0 Å². The summed E-state index contributed by atoms with van der Waals surface area (Å²) < 4.78 is 0. The highest BCUT2D eigenvalue weighted by Gasteiger charge is 2.32. The van der Waals surface area contributed by atoms with Gasteiger partial charge in [0, 0.05) is 25.0 Å². The molecule has 6 nitrogen and oxygen atoms in total. The van der Waals surface area contributed by atoms with Crippen molar-refractivity contribution in [2.75, 3.05) is 24.5 Å². The molecule has 1 aliphatic carbocycles. The van der Waals surface area contributed by atoms with Gasteiger partial charge in [0.1, 0.15) is 0 Å². The number of aryl methyl sites for hydroxylation is 1. The normalized spacial score (nSPS) is 17.6. The van der Waals surface area contributed by atoms with Crippen molar-refractivity contribution in [2.24, 2.45) is 0 Å². The highest BCUT2D eigenvalue weighted by atomic mass is 16.2. The van der Waals surface area contributed by atoms with Crippen LogP contribution in [0.25, 0.3) is 0 Å². The molecular formula is C26H27N5O. The number of carbonyl (C=O) groups is 1. The fourth-order valence-corrected chi connectivity index (χ4v) is 5.05. The molecule has 1 aliphatic heterocycles. The van der Waals surface area contributed by atoms with Crippen molar-refractivity contribution >= 4 is 11.6 Å². The number of aromatic amines is 1. The van der Waals surface area contributed by atoms with Gasteiger partial charge in [-0.05, 0) is 67.0 Å². The number of H-pyrrole nitrogens is 1. The van der Waals surface area contributed by atoms with Gasteiger partial charge in [-0.1, -0.05) is 24.3 Å². The highest BCUT2D eigenvalue weighted by Crippen LogP contribution is 2.33.